The Balaban J connectivity index is 1.15. The van der Waals surface area contributed by atoms with Gasteiger partial charge in [0, 0.05) is 38.1 Å². The van der Waals surface area contributed by atoms with Gasteiger partial charge in [-0.2, -0.15) is 8.61 Å². The Bertz CT molecular complexity index is 2230. The number of ketones is 1. The van der Waals surface area contributed by atoms with Crippen molar-refractivity contribution in [2.24, 2.45) is 5.92 Å². The minimum Gasteiger partial charge on any atom is -0.444 e. The average Bonchev–Trinajstić information content (AvgIpc) is 3.21. The first kappa shape index (κ1) is 44.1. The van der Waals surface area contributed by atoms with Crippen molar-refractivity contribution in [3.63, 3.8) is 0 Å². The molecule has 0 bridgehead atoms. The lowest BCUT2D eigenvalue weighted by Crippen LogP contribution is -2.60. The third-order valence-electron chi connectivity index (χ3n) is 10.6. The van der Waals surface area contributed by atoms with Crippen molar-refractivity contribution in [2.75, 3.05) is 39.5 Å². The molecule has 1 amide bonds. The molecule has 14 heteroatoms. The minimum atomic E-state index is -4.20. The number of rotatable bonds is 16. The second kappa shape index (κ2) is 19.3. The van der Waals surface area contributed by atoms with E-state index in [0.29, 0.717) is 51.4 Å². The van der Waals surface area contributed by atoms with E-state index in [1.54, 1.807) is 69.3 Å². The molecule has 0 aromatic heterocycles. The number of hydrogen-bond donors (Lipinski definition) is 1. The molecule has 4 aromatic rings. The third kappa shape index (κ3) is 11.0. The van der Waals surface area contributed by atoms with Gasteiger partial charge in [-0.1, -0.05) is 90.5 Å². The van der Waals surface area contributed by atoms with Crippen LogP contribution in [0.3, 0.4) is 0 Å². The molecule has 0 radical (unpaired) electrons. The summed E-state index contributed by atoms with van der Waals surface area (Å²) in [6.45, 7) is 9.07. The van der Waals surface area contributed by atoms with Gasteiger partial charge in [-0.15, -0.1) is 0 Å². The van der Waals surface area contributed by atoms with Crippen LogP contribution in [-0.2, 0) is 45.5 Å². The molecule has 6 rings (SSSR count). The van der Waals surface area contributed by atoms with Gasteiger partial charge in [0.05, 0.1) is 41.7 Å². The first-order valence-corrected chi connectivity index (χ1v) is 23.0. The summed E-state index contributed by atoms with van der Waals surface area (Å²) in [6.07, 6.45) is 0.910. The maximum absolute atomic E-state index is 15.0. The van der Waals surface area contributed by atoms with Crippen LogP contribution < -0.4 is 5.32 Å². The van der Waals surface area contributed by atoms with Gasteiger partial charge in [-0.25, -0.2) is 21.6 Å². The van der Waals surface area contributed by atoms with E-state index in [0.717, 1.165) is 16.7 Å². The highest BCUT2D eigenvalue weighted by Crippen LogP contribution is 2.48. The van der Waals surface area contributed by atoms with Crippen molar-refractivity contribution in [1.29, 1.82) is 0 Å². The molecule has 3 unspecified atom stereocenters. The lowest BCUT2D eigenvalue weighted by Gasteiger charge is -2.51. The molecule has 12 nitrogen and oxygen atoms in total. The van der Waals surface area contributed by atoms with Gasteiger partial charge in [0.15, 0.2) is 0 Å². The van der Waals surface area contributed by atoms with Gasteiger partial charge in [0.2, 0.25) is 20.0 Å². The summed E-state index contributed by atoms with van der Waals surface area (Å²) in [5, 5.41) is 2.64. The molecule has 2 fully saturated rings. The topological polar surface area (TPSA) is 149 Å². The maximum Gasteiger partial charge on any atom is 0.407 e. The molecule has 0 spiro atoms. The largest absolute Gasteiger partial charge is 0.444 e. The zero-order valence-electron chi connectivity index (χ0n) is 34.2. The van der Waals surface area contributed by atoms with Crippen molar-refractivity contribution in [3.05, 3.63) is 131 Å². The highest BCUT2D eigenvalue weighted by Gasteiger charge is 2.54. The Morgan fingerprint density at radius 3 is 1.90 bits per heavy atom. The summed E-state index contributed by atoms with van der Waals surface area (Å²) in [5.74, 6) is -1.03. The van der Waals surface area contributed by atoms with E-state index in [1.807, 2.05) is 67.6 Å². The van der Waals surface area contributed by atoms with Crippen LogP contribution >= 0.6 is 0 Å². The Hall–Kier alpha value is -4.44. The van der Waals surface area contributed by atoms with E-state index in [2.05, 4.69) is 5.32 Å². The molecule has 4 aromatic carbocycles. The van der Waals surface area contributed by atoms with Crippen molar-refractivity contribution in [2.45, 2.75) is 86.9 Å². The first-order chi connectivity index (χ1) is 28.1. The number of hydrogen-bond acceptors (Lipinski definition) is 9. The molecular formula is C45H55N3O9S2. The number of ether oxygens (including phenoxy) is 3. The summed E-state index contributed by atoms with van der Waals surface area (Å²) in [6, 6.07) is 29.6. The van der Waals surface area contributed by atoms with Crippen molar-refractivity contribution in [3.8, 4) is 0 Å². The SMILES string of the molecule is Cc1ccc(S(=O)(=O)N2CC3C(=O)C[C@@H](c4ccccc4)N(S(=O)(=O)c4ccc(CCCOCCOCCNC(=O)OC(C)(C)C)cc4)C3CC2c2ccccc2)cc1. The van der Waals surface area contributed by atoms with Crippen molar-refractivity contribution >= 4 is 31.9 Å². The standard InChI is InChI=1S/C45H55N3O9S2/c1-33-17-21-37(22-18-33)58(51,52)47-32-39-42(30-40(47)35-13-7-5-8-14-35)48(41(31-43(39)49)36-15-9-6-10-16-36)59(53,54)38-23-19-34(20-24-38)12-11-26-55-28-29-56-27-25-46-44(50)57-45(2,3)4/h5-10,13-24,39-42H,11-12,25-32H2,1-4H3,(H,46,50)/t39?,40?,41-,42?/m0/s1. The number of aryl methyl sites for hydroxylation is 2. The molecule has 2 aliphatic heterocycles. The summed E-state index contributed by atoms with van der Waals surface area (Å²) in [5.41, 5.74) is 2.73. The Labute approximate surface area is 349 Å². The van der Waals surface area contributed by atoms with E-state index in [-0.39, 0.29) is 35.0 Å². The number of alkyl carbamates (subject to hydrolysis) is 1. The summed E-state index contributed by atoms with van der Waals surface area (Å²) < 4.78 is 78.0. The van der Waals surface area contributed by atoms with E-state index in [4.69, 9.17) is 14.2 Å². The first-order valence-electron chi connectivity index (χ1n) is 20.1. The van der Waals surface area contributed by atoms with Crippen LogP contribution in [-0.4, -0.2) is 88.5 Å². The fraction of sp³-hybridized carbons (Fsp3) is 0.422. The van der Waals surface area contributed by atoms with Crippen LogP contribution in [0.4, 0.5) is 4.79 Å². The van der Waals surface area contributed by atoms with E-state index in [9.17, 15) is 26.4 Å². The fourth-order valence-corrected chi connectivity index (χ4v) is 11.3. The smallest absolute Gasteiger partial charge is 0.407 e. The van der Waals surface area contributed by atoms with Gasteiger partial charge in [-0.3, -0.25) is 4.79 Å². The minimum absolute atomic E-state index is 0.0784. The summed E-state index contributed by atoms with van der Waals surface area (Å²) in [7, 11) is -8.27. The van der Waals surface area contributed by atoms with Crippen LogP contribution in [0.1, 0.15) is 74.4 Å². The molecular weight excluding hydrogens is 791 g/mol. The molecule has 316 valence electrons. The van der Waals surface area contributed by atoms with Crippen LogP contribution in [0.25, 0.3) is 0 Å². The maximum atomic E-state index is 15.0. The van der Waals surface area contributed by atoms with E-state index < -0.39 is 55.8 Å². The number of benzene rings is 4. The quantitative estimate of drug-likeness (QED) is 0.118. The molecule has 0 saturated carbocycles. The van der Waals surface area contributed by atoms with Crippen LogP contribution in [0, 0.1) is 12.8 Å². The lowest BCUT2D eigenvalue weighted by atomic mass is 9.77. The molecule has 0 aliphatic carbocycles. The Morgan fingerprint density at radius 1 is 0.729 bits per heavy atom. The molecule has 4 atom stereocenters. The summed E-state index contributed by atoms with van der Waals surface area (Å²) in [4.78, 5) is 26.1. The highest BCUT2D eigenvalue weighted by molar-refractivity contribution is 7.89. The number of carbonyl (C=O) groups is 2. The fourth-order valence-electron chi connectivity index (χ4n) is 7.78. The Kier molecular flexibility index (Phi) is 14.4. The van der Waals surface area contributed by atoms with E-state index in [1.165, 1.54) is 8.61 Å². The number of nitrogens with zero attached hydrogens (tertiary/aromatic N) is 2. The summed E-state index contributed by atoms with van der Waals surface area (Å²) >= 11 is 0. The lowest BCUT2D eigenvalue weighted by molar-refractivity contribution is -0.132. The van der Waals surface area contributed by atoms with Gasteiger partial charge < -0.3 is 19.5 Å². The number of piperidine rings is 2. The zero-order valence-corrected chi connectivity index (χ0v) is 35.8. The third-order valence-corrected chi connectivity index (χ3v) is 14.5. The van der Waals surface area contributed by atoms with E-state index >= 15 is 0 Å². The average molecular weight is 846 g/mol. The number of sulfonamides is 2. The zero-order chi connectivity index (χ0) is 42.2. The number of Topliss-reactive ketones (excluding diaryl/α,β-unsaturated/α-hetero) is 1. The second-order valence-corrected chi connectivity index (χ2v) is 19.8. The normalized spacial score (nSPS) is 20.5. The van der Waals surface area contributed by atoms with Gasteiger partial charge in [-0.05, 0) is 87.9 Å². The van der Waals surface area contributed by atoms with Gasteiger partial charge >= 0.3 is 6.09 Å². The number of amides is 1. The van der Waals surface area contributed by atoms with Crippen LogP contribution in [0.2, 0.25) is 0 Å². The molecule has 2 heterocycles. The molecule has 2 saturated heterocycles. The Morgan fingerprint density at radius 2 is 1.29 bits per heavy atom. The van der Waals surface area contributed by atoms with Gasteiger partial charge in [0.25, 0.3) is 0 Å². The predicted molar refractivity (Wildman–Crippen MR) is 225 cm³/mol. The number of carbonyl (C=O) groups excluding carboxylic acids is 2. The molecule has 1 N–H and O–H groups in total. The van der Waals surface area contributed by atoms with Crippen LogP contribution in [0.5, 0.6) is 0 Å². The van der Waals surface area contributed by atoms with Crippen molar-refractivity contribution in [1.82, 2.24) is 13.9 Å². The van der Waals surface area contributed by atoms with Crippen molar-refractivity contribution < 1.29 is 40.6 Å². The monoisotopic (exact) mass is 845 g/mol. The van der Waals surface area contributed by atoms with Crippen LogP contribution in [0.15, 0.2) is 119 Å². The number of nitrogens with one attached hydrogen (secondary N) is 1. The predicted octanol–water partition coefficient (Wildman–Crippen LogP) is 7.01. The molecule has 59 heavy (non-hydrogen) atoms. The highest BCUT2D eigenvalue weighted by atomic mass is 32.2. The number of fused-ring (bicyclic) bond motifs is 1. The second-order valence-electron chi connectivity index (χ2n) is 16.1. The molecule has 2 aliphatic rings. The van der Waals surface area contributed by atoms with Gasteiger partial charge in [0.1, 0.15) is 11.4 Å².